The topological polar surface area (TPSA) is 187 Å². The average molecular weight is 1150 g/mol. The summed E-state index contributed by atoms with van der Waals surface area (Å²) in [6.45, 7) is 30.5. The third-order valence-corrected chi connectivity index (χ3v) is 18.2. The summed E-state index contributed by atoms with van der Waals surface area (Å²) in [5, 5.41) is 9.75. The number of hydrogen-bond donors (Lipinski definition) is 3. The first-order valence-electron chi connectivity index (χ1n) is 27.8. The number of nitrogens with zero attached hydrogens (tertiary/aromatic N) is 8. The van der Waals surface area contributed by atoms with E-state index in [-0.39, 0.29) is 42.7 Å². The van der Waals surface area contributed by atoms with Crippen LogP contribution in [-0.2, 0) is 32.2 Å². The standard InChI is InChI=1S/C29H33N5O3Si.C18H27N5OSi2.C14H16O3/c1-19-22-17-36-28(21-13-9-6-10-14-21)37-24(22)15-23(19)34-18-30-25-26(34)31-29(33-38(2,3)4)32-27(25)35-16-20-11-7-5-8-12-20;1-25(2,3)22-18-20-16-15(19-13-23(16)26(4,5)6)17(21-18)24-12-14-10-8-7-9-11-14;1-9-11-8-16-14(10-5-3-2-4-6-10)17-13(11)7-12(9)15/h5-14,18,22-24,28H,1,15-17H2,2-4H3,(H,31,32,33);7-11,13H,12H2,1-6H3,(H,20,21,22);2-6,11-15H,1,7-8H2/t22-,23-,24-,28?;;11-,12+,13-,14?/m0.0/s1. The summed E-state index contributed by atoms with van der Waals surface area (Å²) in [7, 11) is -4.95. The molecule has 0 radical (unpaired) electrons. The molecule has 8 aromatic rings. The highest BCUT2D eigenvalue weighted by molar-refractivity contribution is 6.79. The first kappa shape index (κ1) is 57.3. The highest BCUT2D eigenvalue weighted by Gasteiger charge is 2.45. The molecule has 2 unspecified atom stereocenters. The summed E-state index contributed by atoms with van der Waals surface area (Å²) >= 11 is 0. The molecule has 0 amide bonds. The number of nitrogens with one attached hydrogen (secondary N) is 2. The summed E-state index contributed by atoms with van der Waals surface area (Å²) in [4.78, 5) is 35.3. The Morgan fingerprint density at radius 2 is 0.988 bits per heavy atom. The van der Waals surface area contributed by atoms with Crippen LogP contribution in [0, 0.1) is 11.8 Å². The average Bonchev–Trinajstić information content (AvgIpc) is 4.31. The molecule has 81 heavy (non-hydrogen) atoms. The van der Waals surface area contributed by atoms with Crippen molar-refractivity contribution in [2.45, 2.75) is 122 Å². The van der Waals surface area contributed by atoms with E-state index < -0.39 is 30.8 Å². The van der Waals surface area contributed by atoms with Crippen LogP contribution in [0.25, 0.3) is 22.3 Å². The van der Waals surface area contributed by atoms with Gasteiger partial charge in [-0.25, -0.2) is 9.97 Å². The maximum Gasteiger partial charge on any atom is 0.247 e. The van der Waals surface area contributed by atoms with E-state index >= 15 is 0 Å². The van der Waals surface area contributed by atoms with Crippen molar-refractivity contribution in [3.05, 3.63) is 181 Å². The molecule has 2 saturated heterocycles. The van der Waals surface area contributed by atoms with Gasteiger partial charge in [-0.1, -0.05) is 193 Å². The van der Waals surface area contributed by atoms with Crippen LogP contribution < -0.4 is 19.4 Å². The third-order valence-electron chi connectivity index (χ3n) is 14.4. The minimum absolute atomic E-state index is 0.00951. The van der Waals surface area contributed by atoms with E-state index in [1.807, 2.05) is 134 Å². The maximum atomic E-state index is 9.75. The van der Waals surface area contributed by atoms with E-state index in [0.29, 0.717) is 62.0 Å². The van der Waals surface area contributed by atoms with E-state index in [9.17, 15) is 5.11 Å². The zero-order valence-corrected chi connectivity index (χ0v) is 51.0. The van der Waals surface area contributed by atoms with Gasteiger partial charge in [0.15, 0.2) is 43.1 Å². The van der Waals surface area contributed by atoms with Crippen molar-refractivity contribution in [2.75, 3.05) is 23.2 Å². The number of fused-ring (bicyclic) bond motifs is 4. The van der Waals surface area contributed by atoms with Crippen LogP contribution >= 0.6 is 0 Å². The van der Waals surface area contributed by atoms with Crippen LogP contribution in [0.15, 0.2) is 158 Å². The summed E-state index contributed by atoms with van der Waals surface area (Å²) < 4.78 is 40.7. The van der Waals surface area contributed by atoms with Crippen molar-refractivity contribution in [3.63, 3.8) is 0 Å². The van der Waals surface area contributed by atoms with Gasteiger partial charge in [0.2, 0.25) is 23.7 Å². The Kier molecular flexibility index (Phi) is 17.2. The van der Waals surface area contributed by atoms with Gasteiger partial charge in [0.1, 0.15) is 29.7 Å². The van der Waals surface area contributed by atoms with Gasteiger partial charge in [0.05, 0.1) is 50.2 Å². The zero-order chi connectivity index (χ0) is 57.1. The first-order chi connectivity index (χ1) is 38.7. The molecule has 3 N–H and O–H groups in total. The number of aliphatic hydroxyl groups excluding tert-OH is 1. The number of ether oxygens (including phenoxy) is 6. The number of anilines is 2. The fourth-order valence-corrected chi connectivity index (χ4v) is 13.1. The molecule has 20 heteroatoms. The molecule has 0 bridgehead atoms. The van der Waals surface area contributed by atoms with Crippen molar-refractivity contribution < 1.29 is 33.5 Å². The quantitative estimate of drug-likeness (QED) is 0.0689. The summed E-state index contributed by atoms with van der Waals surface area (Å²) in [6, 6.07) is 40.1. The number of imidazole rings is 2. The summed E-state index contributed by atoms with van der Waals surface area (Å²) in [5.41, 5.74) is 9.10. The number of aromatic nitrogens is 8. The largest absolute Gasteiger partial charge is 0.471 e. The molecule has 4 aromatic carbocycles. The fraction of sp³-hybridized carbons (Fsp3) is 0.377. The number of rotatable bonds is 14. The Bertz CT molecular complexity index is 3430. The third kappa shape index (κ3) is 13.9. The molecule has 12 rings (SSSR count). The van der Waals surface area contributed by atoms with Crippen molar-refractivity contribution in [2.24, 2.45) is 11.8 Å². The van der Waals surface area contributed by atoms with Crippen LogP contribution in [0.5, 0.6) is 11.8 Å². The van der Waals surface area contributed by atoms with Gasteiger partial charge in [-0.15, -0.1) is 0 Å². The second-order valence-corrected chi connectivity index (χ2v) is 38.5. The Morgan fingerprint density at radius 3 is 1.47 bits per heavy atom. The van der Waals surface area contributed by atoms with E-state index in [0.717, 1.165) is 56.6 Å². The number of benzene rings is 4. The smallest absolute Gasteiger partial charge is 0.247 e. The second kappa shape index (κ2) is 24.3. The SMILES string of the molecule is C=C1[C@@H]2COC(c3ccccc3)O[C@H]2C[C@@H]1n1cnc2c(OCc3ccccc3)nc(N[Si](C)(C)C)nc21.C=C1[C@H](O)C[C@@H]2OC(c3ccccc3)OC[C@@H]12.C[Si](C)(C)Nc1nc(OCc2ccccc2)c2ncn([Si](C)(C)C)c2n1. The lowest BCUT2D eigenvalue weighted by molar-refractivity contribution is -0.230. The van der Waals surface area contributed by atoms with Crippen molar-refractivity contribution in [1.82, 2.24) is 38.7 Å². The van der Waals surface area contributed by atoms with Crippen LogP contribution in [-0.4, -0.2) is 100 Å². The molecule has 4 aromatic heterocycles. The van der Waals surface area contributed by atoms with Crippen LogP contribution in [0.1, 0.15) is 53.7 Å². The van der Waals surface area contributed by atoms with Gasteiger partial charge in [-0.2, -0.15) is 19.9 Å². The van der Waals surface area contributed by atoms with E-state index in [1.54, 1.807) is 0 Å². The molecule has 8 atom stereocenters. The molecule has 6 heterocycles. The van der Waals surface area contributed by atoms with Crippen molar-refractivity contribution in [3.8, 4) is 11.8 Å². The second-order valence-electron chi connectivity index (χ2n) is 24.2. The van der Waals surface area contributed by atoms with Crippen LogP contribution in [0.3, 0.4) is 0 Å². The molecule has 4 fully saturated rings. The maximum absolute atomic E-state index is 9.75. The van der Waals surface area contributed by atoms with Crippen molar-refractivity contribution >= 4 is 58.9 Å². The van der Waals surface area contributed by atoms with Crippen LogP contribution in [0.2, 0.25) is 58.9 Å². The zero-order valence-electron chi connectivity index (χ0n) is 48.0. The van der Waals surface area contributed by atoms with E-state index in [1.165, 1.54) is 0 Å². The van der Waals surface area contributed by atoms with Gasteiger partial charge in [0, 0.05) is 29.4 Å². The molecule has 0 spiro atoms. The summed E-state index contributed by atoms with van der Waals surface area (Å²) in [5.74, 6) is 2.46. The predicted octanol–water partition coefficient (Wildman–Crippen LogP) is 12.3. The minimum Gasteiger partial charge on any atom is -0.471 e. The molecule has 2 saturated carbocycles. The Balaban J connectivity index is 0.000000148. The Hall–Kier alpha value is -6.89. The molecule has 2 aliphatic heterocycles. The van der Waals surface area contributed by atoms with Gasteiger partial charge in [-0.3, -0.25) is 0 Å². The van der Waals surface area contributed by atoms with Gasteiger partial charge >= 0.3 is 0 Å². The number of aliphatic hydroxyl groups is 1. The molecule has 2 aliphatic carbocycles. The molecule has 17 nitrogen and oxygen atoms in total. The lowest BCUT2D eigenvalue weighted by atomic mass is 10.0. The summed E-state index contributed by atoms with van der Waals surface area (Å²) in [6.07, 6.45) is 4.05. The lowest BCUT2D eigenvalue weighted by Crippen LogP contribution is -2.34. The normalized spacial score (nSPS) is 22.7. The molecule has 424 valence electrons. The Labute approximate surface area is 478 Å². The van der Waals surface area contributed by atoms with Gasteiger partial charge < -0.3 is 52.3 Å². The molecule has 4 aliphatic rings. The molecular weight excluding hydrogens is 1070 g/mol. The Morgan fingerprint density at radius 1 is 0.556 bits per heavy atom. The van der Waals surface area contributed by atoms with Gasteiger partial charge in [0.25, 0.3) is 0 Å². The minimum atomic E-state index is -1.72. The van der Waals surface area contributed by atoms with Crippen molar-refractivity contribution in [1.29, 1.82) is 0 Å². The molecular formula is C61H76N10O7Si3. The highest BCUT2D eigenvalue weighted by atomic mass is 28.3. The van der Waals surface area contributed by atoms with E-state index in [2.05, 4.69) is 101 Å². The van der Waals surface area contributed by atoms with Gasteiger partial charge in [-0.05, 0) is 28.7 Å². The number of hydrogen-bond acceptors (Lipinski definition) is 15. The predicted molar refractivity (Wildman–Crippen MR) is 324 cm³/mol. The van der Waals surface area contributed by atoms with E-state index in [4.69, 9.17) is 48.4 Å². The monoisotopic (exact) mass is 1140 g/mol. The highest BCUT2D eigenvalue weighted by Crippen LogP contribution is 2.47. The first-order valence-corrected chi connectivity index (χ1v) is 38.3. The lowest BCUT2D eigenvalue weighted by Gasteiger charge is -2.33. The van der Waals surface area contributed by atoms with Crippen LogP contribution in [0.4, 0.5) is 11.9 Å². The fourth-order valence-electron chi connectivity index (χ4n) is 10.3.